The van der Waals surface area contributed by atoms with E-state index < -0.39 is 0 Å². The Balaban J connectivity index is 1.10. The van der Waals surface area contributed by atoms with Crippen molar-refractivity contribution in [2.24, 2.45) is 0 Å². The molecule has 0 atom stereocenters. The first-order valence-corrected chi connectivity index (χ1v) is 26.8. The lowest BCUT2D eigenvalue weighted by Crippen LogP contribution is -2.14. The number of para-hydroxylation sites is 2. The summed E-state index contributed by atoms with van der Waals surface area (Å²) in [6.45, 7) is 0. The van der Waals surface area contributed by atoms with E-state index in [1.165, 1.54) is 51.5 Å². The summed E-state index contributed by atoms with van der Waals surface area (Å²) < 4.78 is 5.05. The maximum atomic E-state index is 2.54. The molecule has 14 aromatic rings. The molecule has 0 aliphatic rings. The molecule has 4 heteroatoms. The van der Waals surface area contributed by atoms with E-state index in [-0.39, 0.29) is 0 Å². The van der Waals surface area contributed by atoms with E-state index in [0.29, 0.717) is 0 Å². The fourth-order valence-corrected chi connectivity index (χ4v) is 13.5. The minimum Gasteiger partial charge on any atom is -0.308 e. The van der Waals surface area contributed by atoms with Gasteiger partial charge in [0.1, 0.15) is 0 Å². The SMILES string of the molecule is c1ccc(-c2ccccc2N(c2cc3cc(-c4ccccc4)c(N(c4ccccc4-c4ccccc4)c4cccc5c4sc4ccccc45)cc3cc2-c2ccccc2)c2cccc3c2sc2ccccc23)cc1. The minimum atomic E-state index is 1.10. The van der Waals surface area contributed by atoms with Crippen LogP contribution in [0.5, 0.6) is 0 Å². The number of nitrogens with zero attached hydrogens (tertiary/aromatic N) is 2. The Hall–Kier alpha value is -9.06. The van der Waals surface area contributed by atoms with Crippen LogP contribution in [-0.2, 0) is 0 Å². The molecule has 0 radical (unpaired) electrons. The van der Waals surface area contributed by atoms with Gasteiger partial charge in [0, 0.05) is 53.2 Å². The number of rotatable bonds is 10. The number of anilines is 6. The molecule has 14 rings (SSSR count). The van der Waals surface area contributed by atoms with Crippen LogP contribution in [0.4, 0.5) is 34.1 Å². The summed E-state index contributed by atoms with van der Waals surface area (Å²) in [6, 6.07) is 103. The number of benzene rings is 12. The Morgan fingerprint density at radius 3 is 0.932 bits per heavy atom. The summed E-state index contributed by atoms with van der Waals surface area (Å²) in [5, 5.41) is 7.35. The summed E-state index contributed by atoms with van der Waals surface area (Å²) in [5.74, 6) is 0. The summed E-state index contributed by atoms with van der Waals surface area (Å²) in [5.41, 5.74) is 15.9. The largest absolute Gasteiger partial charge is 0.308 e. The van der Waals surface area contributed by atoms with Crippen molar-refractivity contribution in [1.29, 1.82) is 0 Å². The van der Waals surface area contributed by atoms with Crippen molar-refractivity contribution in [3.05, 3.63) is 279 Å². The fraction of sp³-hybridized carbons (Fsp3) is 0. The van der Waals surface area contributed by atoms with Crippen LogP contribution in [0.1, 0.15) is 0 Å². The number of hydrogen-bond acceptors (Lipinski definition) is 4. The number of thiophene rings is 2. The highest BCUT2D eigenvalue weighted by Gasteiger charge is 2.27. The topological polar surface area (TPSA) is 6.48 Å². The third-order valence-electron chi connectivity index (χ3n) is 14.4. The summed E-state index contributed by atoms with van der Waals surface area (Å²) in [7, 11) is 0. The number of fused-ring (bicyclic) bond motifs is 7. The highest BCUT2D eigenvalue weighted by Crippen LogP contribution is 2.53. The normalized spacial score (nSPS) is 11.5. The molecule has 12 aromatic carbocycles. The standard InChI is InChI=1S/C70H46N2S2/c1-5-23-47(24-6-1)53-31-13-17-37-61(53)71(63-39-21-35-57-55-33-15-19-41-67(55)73-69(57)63)65-45-51-44-60(50-29-11-4-12-30-50)66(46-52(51)43-59(65)49-27-9-3-10-28-49)72(62-38-18-14-32-54(62)48-25-7-2-8-26-48)64-40-22-36-58-56-34-16-20-42-68(56)74-70(58)64/h1-46H. The summed E-state index contributed by atoms with van der Waals surface area (Å²) in [4.78, 5) is 5.09. The second kappa shape index (κ2) is 18.5. The Bertz CT molecular complexity index is 4090. The van der Waals surface area contributed by atoms with Gasteiger partial charge in [-0.25, -0.2) is 0 Å². The maximum absolute atomic E-state index is 2.54. The lowest BCUT2D eigenvalue weighted by Gasteiger charge is -2.32. The van der Waals surface area contributed by atoms with Gasteiger partial charge in [-0.15, -0.1) is 22.7 Å². The van der Waals surface area contributed by atoms with Gasteiger partial charge in [-0.05, 0) is 93.7 Å². The molecule has 0 amide bonds. The van der Waals surface area contributed by atoms with E-state index in [2.05, 4.69) is 289 Å². The third kappa shape index (κ3) is 7.54. The molecule has 348 valence electrons. The lowest BCUT2D eigenvalue weighted by atomic mass is 9.92. The van der Waals surface area contributed by atoms with Gasteiger partial charge in [0.25, 0.3) is 0 Å². The highest BCUT2D eigenvalue weighted by molar-refractivity contribution is 7.26. The van der Waals surface area contributed by atoms with E-state index in [1.807, 2.05) is 22.7 Å². The minimum absolute atomic E-state index is 1.10. The Morgan fingerprint density at radius 1 is 0.216 bits per heavy atom. The molecular weight excluding hydrogens is 933 g/mol. The van der Waals surface area contributed by atoms with Crippen LogP contribution < -0.4 is 9.80 Å². The van der Waals surface area contributed by atoms with Gasteiger partial charge >= 0.3 is 0 Å². The molecule has 0 fully saturated rings. The highest BCUT2D eigenvalue weighted by atomic mass is 32.1. The van der Waals surface area contributed by atoms with Gasteiger partial charge < -0.3 is 9.80 Å². The summed E-state index contributed by atoms with van der Waals surface area (Å²) in [6.07, 6.45) is 0. The average molecular weight is 979 g/mol. The van der Waals surface area contributed by atoms with Gasteiger partial charge in [-0.2, -0.15) is 0 Å². The molecule has 0 bridgehead atoms. The van der Waals surface area contributed by atoms with E-state index in [9.17, 15) is 0 Å². The second-order valence-electron chi connectivity index (χ2n) is 18.8. The smallest absolute Gasteiger partial charge is 0.0640 e. The van der Waals surface area contributed by atoms with Crippen LogP contribution in [0.3, 0.4) is 0 Å². The van der Waals surface area contributed by atoms with Crippen molar-refractivity contribution in [2.45, 2.75) is 0 Å². The van der Waals surface area contributed by atoms with Crippen LogP contribution in [-0.4, -0.2) is 0 Å². The molecule has 2 nitrogen and oxygen atoms in total. The van der Waals surface area contributed by atoms with Crippen molar-refractivity contribution in [3.63, 3.8) is 0 Å². The van der Waals surface area contributed by atoms with Gasteiger partial charge in [0.15, 0.2) is 0 Å². The molecule has 0 unspecified atom stereocenters. The molecule has 2 heterocycles. The summed E-state index contributed by atoms with van der Waals surface area (Å²) >= 11 is 3.74. The van der Waals surface area contributed by atoms with E-state index in [0.717, 1.165) is 78.3 Å². The van der Waals surface area contributed by atoms with Crippen molar-refractivity contribution in [1.82, 2.24) is 0 Å². The zero-order valence-corrected chi connectivity index (χ0v) is 41.9. The molecule has 0 aliphatic heterocycles. The Labute approximate surface area is 438 Å². The van der Waals surface area contributed by atoms with Gasteiger partial charge in [-0.3, -0.25) is 0 Å². The zero-order valence-electron chi connectivity index (χ0n) is 40.3. The van der Waals surface area contributed by atoms with Crippen molar-refractivity contribution in [3.8, 4) is 44.5 Å². The van der Waals surface area contributed by atoms with Crippen LogP contribution in [0.25, 0.3) is 95.6 Å². The van der Waals surface area contributed by atoms with Crippen LogP contribution in [0.2, 0.25) is 0 Å². The molecule has 74 heavy (non-hydrogen) atoms. The first-order valence-electron chi connectivity index (χ1n) is 25.2. The maximum Gasteiger partial charge on any atom is 0.0640 e. The van der Waals surface area contributed by atoms with Crippen molar-refractivity contribution < 1.29 is 0 Å². The van der Waals surface area contributed by atoms with Gasteiger partial charge in [0.05, 0.1) is 43.5 Å². The molecular formula is C70H46N2S2. The van der Waals surface area contributed by atoms with Gasteiger partial charge in [0.2, 0.25) is 0 Å². The first kappa shape index (κ1) is 43.7. The molecule has 0 aliphatic carbocycles. The Morgan fingerprint density at radius 2 is 0.527 bits per heavy atom. The van der Waals surface area contributed by atoms with Crippen molar-refractivity contribution >= 4 is 108 Å². The molecule has 0 saturated heterocycles. The third-order valence-corrected chi connectivity index (χ3v) is 16.8. The predicted octanol–water partition coefficient (Wildman–Crippen LogP) is 21.2. The molecule has 0 N–H and O–H groups in total. The molecule has 0 spiro atoms. The van der Waals surface area contributed by atoms with Crippen LogP contribution in [0.15, 0.2) is 279 Å². The fourth-order valence-electron chi connectivity index (χ4n) is 11.0. The Kier molecular flexibility index (Phi) is 10.9. The predicted molar refractivity (Wildman–Crippen MR) is 321 cm³/mol. The zero-order chi connectivity index (χ0) is 49.0. The van der Waals surface area contributed by atoms with Gasteiger partial charge in [-0.1, -0.05) is 218 Å². The van der Waals surface area contributed by atoms with E-state index in [4.69, 9.17) is 0 Å². The van der Waals surface area contributed by atoms with Crippen LogP contribution in [0, 0.1) is 0 Å². The molecule has 0 saturated carbocycles. The van der Waals surface area contributed by atoms with E-state index >= 15 is 0 Å². The average Bonchev–Trinajstić information content (AvgIpc) is 4.06. The number of hydrogen-bond donors (Lipinski definition) is 0. The molecule has 2 aromatic heterocycles. The van der Waals surface area contributed by atoms with Crippen LogP contribution >= 0.6 is 22.7 Å². The monoisotopic (exact) mass is 978 g/mol. The first-order chi connectivity index (χ1) is 36.7. The second-order valence-corrected chi connectivity index (χ2v) is 20.9. The lowest BCUT2D eigenvalue weighted by molar-refractivity contribution is 1.30. The van der Waals surface area contributed by atoms with Crippen molar-refractivity contribution in [2.75, 3.05) is 9.80 Å². The quantitative estimate of drug-likeness (QED) is 0.135. The van der Waals surface area contributed by atoms with E-state index in [1.54, 1.807) is 0 Å².